The number of nitrogens with one attached hydrogen (secondary N) is 2. The fraction of sp³-hybridized carbons (Fsp3) is 0.348. The van der Waals surface area contributed by atoms with Crippen LogP contribution >= 0.6 is 0 Å². The van der Waals surface area contributed by atoms with Gasteiger partial charge in [-0.3, -0.25) is 4.79 Å². The fourth-order valence-corrected chi connectivity index (χ4v) is 4.85. The normalized spacial score (nSPS) is 17.2. The van der Waals surface area contributed by atoms with Crippen LogP contribution in [0.25, 0.3) is 6.08 Å². The number of benzene rings is 2. The Morgan fingerprint density at radius 2 is 1.77 bits per heavy atom. The highest BCUT2D eigenvalue weighted by atomic mass is 32.2. The van der Waals surface area contributed by atoms with E-state index in [4.69, 9.17) is 0 Å². The van der Waals surface area contributed by atoms with Gasteiger partial charge in [0.2, 0.25) is 10.0 Å². The summed E-state index contributed by atoms with van der Waals surface area (Å²) >= 11 is 0. The van der Waals surface area contributed by atoms with Gasteiger partial charge < -0.3 is 10.2 Å². The fourth-order valence-electron chi connectivity index (χ4n) is 3.66. The van der Waals surface area contributed by atoms with Crippen molar-refractivity contribution in [3.8, 4) is 0 Å². The maximum Gasteiger partial charge on any atom is 0.282 e. The summed E-state index contributed by atoms with van der Waals surface area (Å²) in [4.78, 5) is 13.8. The van der Waals surface area contributed by atoms with E-state index in [2.05, 4.69) is 5.32 Å². The average Bonchev–Trinajstić information content (AvgIpc) is 2.74. The van der Waals surface area contributed by atoms with Crippen LogP contribution in [-0.2, 0) is 14.8 Å². The highest BCUT2D eigenvalue weighted by Gasteiger charge is 2.32. The van der Waals surface area contributed by atoms with Gasteiger partial charge in [0.25, 0.3) is 5.91 Å². The molecule has 0 spiro atoms. The minimum Gasteiger partial charge on any atom is -0.323 e. The highest BCUT2D eigenvalue weighted by Crippen LogP contribution is 2.16. The van der Waals surface area contributed by atoms with E-state index < -0.39 is 10.0 Å². The van der Waals surface area contributed by atoms with E-state index in [0.29, 0.717) is 26.2 Å². The molecule has 1 atom stereocenters. The van der Waals surface area contributed by atoms with E-state index in [1.807, 2.05) is 69.3 Å². The van der Waals surface area contributed by atoms with E-state index in [-0.39, 0.29) is 11.9 Å². The predicted molar refractivity (Wildman–Crippen MR) is 121 cm³/mol. The maximum absolute atomic E-state index is 12.7. The molecule has 7 heteroatoms. The summed E-state index contributed by atoms with van der Waals surface area (Å²) in [7, 11) is -3.47. The molecule has 0 aliphatic carbocycles. The van der Waals surface area contributed by atoms with Crippen LogP contribution < -0.4 is 10.2 Å². The first-order chi connectivity index (χ1) is 14.3. The van der Waals surface area contributed by atoms with Crippen molar-refractivity contribution >= 4 is 27.7 Å². The lowest BCUT2D eigenvalue weighted by molar-refractivity contribution is -0.917. The summed E-state index contributed by atoms with van der Waals surface area (Å²) < 4.78 is 26.7. The Hall–Kier alpha value is -2.48. The first-order valence-electron chi connectivity index (χ1n) is 10.2. The van der Waals surface area contributed by atoms with E-state index in [1.54, 1.807) is 6.08 Å². The van der Waals surface area contributed by atoms with Gasteiger partial charge in [0.05, 0.1) is 26.2 Å². The maximum atomic E-state index is 12.7. The lowest BCUT2D eigenvalue weighted by Crippen LogP contribution is -3.19. The number of carbonyl (C=O) groups excluding carboxylic acids is 1. The predicted octanol–water partition coefficient (Wildman–Crippen LogP) is 1.83. The molecule has 30 heavy (non-hydrogen) atoms. The van der Waals surface area contributed by atoms with Crippen LogP contribution in [0.4, 0.5) is 5.69 Å². The summed E-state index contributed by atoms with van der Waals surface area (Å²) in [5.74, 6) is -0.0442. The van der Waals surface area contributed by atoms with Gasteiger partial charge >= 0.3 is 0 Å². The third-order valence-corrected chi connectivity index (χ3v) is 7.17. The van der Waals surface area contributed by atoms with Crippen LogP contribution in [0.3, 0.4) is 0 Å². The van der Waals surface area contributed by atoms with Crippen molar-refractivity contribution in [2.45, 2.75) is 26.8 Å². The molecule has 0 aromatic heterocycles. The zero-order valence-electron chi connectivity index (χ0n) is 17.8. The topological polar surface area (TPSA) is 70.9 Å². The molecular weight excluding hydrogens is 398 g/mol. The molecule has 1 aliphatic rings. The minimum absolute atomic E-state index is 0.0442. The van der Waals surface area contributed by atoms with Crippen molar-refractivity contribution < 1.29 is 18.1 Å². The number of nitrogens with zero attached hydrogens (tertiary/aromatic N) is 1. The van der Waals surface area contributed by atoms with Crippen LogP contribution in [-0.4, -0.2) is 50.9 Å². The molecule has 1 saturated heterocycles. The number of hydrogen-bond acceptors (Lipinski definition) is 3. The van der Waals surface area contributed by atoms with Gasteiger partial charge in [-0.2, -0.15) is 4.31 Å². The lowest BCUT2D eigenvalue weighted by atomic mass is 10.1. The Morgan fingerprint density at radius 1 is 1.10 bits per heavy atom. The average molecular weight is 429 g/mol. The molecular formula is C23H30N3O3S+. The monoisotopic (exact) mass is 428 g/mol. The van der Waals surface area contributed by atoms with E-state index in [9.17, 15) is 13.2 Å². The van der Waals surface area contributed by atoms with Crippen LogP contribution in [0.2, 0.25) is 0 Å². The zero-order valence-corrected chi connectivity index (χ0v) is 18.6. The minimum atomic E-state index is -3.47. The van der Waals surface area contributed by atoms with Gasteiger partial charge in [0, 0.05) is 11.1 Å². The quantitative estimate of drug-likeness (QED) is 0.738. The summed E-state index contributed by atoms with van der Waals surface area (Å²) in [6, 6.07) is 15.1. The van der Waals surface area contributed by atoms with Gasteiger partial charge in [-0.25, -0.2) is 8.42 Å². The van der Waals surface area contributed by atoms with Crippen LogP contribution in [0.5, 0.6) is 0 Å². The summed E-state index contributed by atoms with van der Waals surface area (Å²) in [5.41, 5.74) is 3.86. The van der Waals surface area contributed by atoms with E-state index in [1.165, 1.54) is 9.71 Å². The molecule has 1 heterocycles. The van der Waals surface area contributed by atoms with Crippen molar-refractivity contribution in [3.05, 3.63) is 70.6 Å². The molecule has 2 aromatic carbocycles. The molecule has 0 saturated carbocycles. The second-order valence-corrected chi connectivity index (χ2v) is 9.66. The smallest absolute Gasteiger partial charge is 0.282 e. The van der Waals surface area contributed by atoms with Gasteiger partial charge in [-0.15, -0.1) is 0 Å². The lowest BCUT2D eigenvalue weighted by Gasteiger charge is -2.33. The number of amides is 1. The molecule has 6 nitrogen and oxygen atoms in total. The van der Waals surface area contributed by atoms with Gasteiger partial charge in [-0.05, 0) is 44.0 Å². The number of anilines is 1. The second kappa shape index (κ2) is 9.55. The van der Waals surface area contributed by atoms with Crippen LogP contribution in [0.1, 0.15) is 23.6 Å². The standard InChI is InChI=1S/C23H29N3O3S/c1-18-9-10-22(19(2)17-18)24-23(27)20(3)25-12-14-26(15-13-25)30(28,29)16-11-21-7-5-4-6-8-21/h4-11,16-17,20H,12-15H2,1-3H3,(H,24,27)/p+1/b16-11+/t20-/m0/s1. The third-order valence-electron chi connectivity index (χ3n) is 5.60. The van der Waals surface area contributed by atoms with Crippen molar-refractivity contribution in [2.24, 2.45) is 0 Å². The molecule has 1 aliphatic heterocycles. The Kier molecular flexibility index (Phi) is 7.07. The molecule has 1 fully saturated rings. The molecule has 2 N–H and O–H groups in total. The number of sulfonamides is 1. The van der Waals surface area contributed by atoms with E-state index in [0.717, 1.165) is 27.3 Å². The molecule has 2 aromatic rings. The van der Waals surface area contributed by atoms with Crippen molar-refractivity contribution in [1.82, 2.24) is 4.31 Å². The number of quaternary nitrogens is 1. The Labute approximate surface area is 179 Å². The van der Waals surface area contributed by atoms with Crippen LogP contribution in [0.15, 0.2) is 53.9 Å². The van der Waals surface area contributed by atoms with Gasteiger partial charge in [0.15, 0.2) is 6.04 Å². The largest absolute Gasteiger partial charge is 0.323 e. The van der Waals surface area contributed by atoms with Crippen molar-refractivity contribution in [1.29, 1.82) is 0 Å². The number of hydrogen-bond donors (Lipinski definition) is 2. The molecule has 0 bridgehead atoms. The van der Waals surface area contributed by atoms with E-state index >= 15 is 0 Å². The van der Waals surface area contributed by atoms with Crippen LogP contribution in [0, 0.1) is 13.8 Å². The number of rotatable bonds is 6. The van der Waals surface area contributed by atoms with Crippen molar-refractivity contribution in [2.75, 3.05) is 31.5 Å². The second-order valence-electron chi connectivity index (χ2n) is 7.84. The molecule has 3 rings (SSSR count). The molecule has 0 unspecified atom stereocenters. The van der Waals surface area contributed by atoms with Gasteiger partial charge in [0.1, 0.15) is 0 Å². The summed E-state index contributed by atoms with van der Waals surface area (Å²) in [6.45, 7) is 7.89. The van der Waals surface area contributed by atoms with Crippen molar-refractivity contribution in [3.63, 3.8) is 0 Å². The number of piperazine rings is 1. The zero-order chi connectivity index (χ0) is 21.7. The SMILES string of the molecule is Cc1ccc(NC(=O)[C@H](C)[NH+]2CCN(S(=O)(=O)/C=C/c3ccccc3)CC2)c(C)c1. The summed E-state index contributed by atoms with van der Waals surface area (Å²) in [6.07, 6.45) is 1.62. The Morgan fingerprint density at radius 3 is 2.40 bits per heavy atom. The molecule has 1 amide bonds. The first kappa shape index (κ1) is 22.2. The third kappa shape index (κ3) is 5.56. The first-order valence-corrected chi connectivity index (χ1v) is 11.7. The summed E-state index contributed by atoms with van der Waals surface area (Å²) in [5, 5.41) is 4.28. The number of carbonyl (C=O) groups is 1. The van der Waals surface area contributed by atoms with Gasteiger partial charge in [-0.1, -0.05) is 48.0 Å². The number of aryl methyl sites for hydroxylation is 2. The Balaban J connectivity index is 1.56. The Bertz CT molecular complexity index is 1010. The highest BCUT2D eigenvalue weighted by molar-refractivity contribution is 7.92. The molecule has 0 radical (unpaired) electrons. The molecule has 160 valence electrons.